The molecular formula is C15H18N2OS. The van der Waals surface area contributed by atoms with E-state index in [2.05, 4.69) is 17.4 Å². The van der Waals surface area contributed by atoms with Gasteiger partial charge in [0.1, 0.15) is 10.8 Å². The standard InChI is InChI=1S/C15H18N2OS/c1-16-11-6-7-13-14(9-11)19-15(17-13)10-4-3-5-12(8-10)18-2/h3-5,8,11,16H,6-7,9H2,1-2H3. The molecule has 1 N–H and O–H groups in total. The van der Waals surface area contributed by atoms with Gasteiger partial charge in [-0.25, -0.2) is 4.98 Å². The van der Waals surface area contributed by atoms with Crippen molar-refractivity contribution < 1.29 is 4.74 Å². The first-order valence-electron chi connectivity index (χ1n) is 6.60. The number of thiazole rings is 1. The highest BCUT2D eigenvalue weighted by atomic mass is 32.1. The molecule has 1 aliphatic carbocycles. The van der Waals surface area contributed by atoms with Gasteiger partial charge in [0.05, 0.1) is 12.8 Å². The van der Waals surface area contributed by atoms with Crippen LogP contribution in [0.25, 0.3) is 10.6 Å². The smallest absolute Gasteiger partial charge is 0.124 e. The van der Waals surface area contributed by atoms with Gasteiger partial charge in [-0.05, 0) is 38.4 Å². The lowest BCUT2D eigenvalue weighted by Gasteiger charge is -2.19. The minimum absolute atomic E-state index is 0.603. The molecule has 0 amide bonds. The summed E-state index contributed by atoms with van der Waals surface area (Å²) >= 11 is 1.82. The highest BCUT2D eigenvalue weighted by Crippen LogP contribution is 2.33. The fourth-order valence-corrected chi connectivity index (χ4v) is 3.69. The Hall–Kier alpha value is -1.39. The topological polar surface area (TPSA) is 34.2 Å². The lowest BCUT2D eigenvalue weighted by molar-refractivity contribution is 0.415. The van der Waals surface area contributed by atoms with Crippen molar-refractivity contribution in [2.45, 2.75) is 25.3 Å². The van der Waals surface area contributed by atoms with Crippen molar-refractivity contribution >= 4 is 11.3 Å². The first-order chi connectivity index (χ1) is 9.30. The summed E-state index contributed by atoms with van der Waals surface area (Å²) in [6.45, 7) is 0. The number of nitrogens with zero attached hydrogens (tertiary/aromatic N) is 1. The van der Waals surface area contributed by atoms with E-state index >= 15 is 0 Å². The van der Waals surface area contributed by atoms with Crippen LogP contribution >= 0.6 is 11.3 Å². The van der Waals surface area contributed by atoms with E-state index in [-0.39, 0.29) is 0 Å². The van der Waals surface area contributed by atoms with Gasteiger partial charge in [-0.2, -0.15) is 0 Å². The Morgan fingerprint density at radius 2 is 2.32 bits per heavy atom. The maximum Gasteiger partial charge on any atom is 0.124 e. The van der Waals surface area contributed by atoms with E-state index in [9.17, 15) is 0 Å². The molecule has 1 heterocycles. The number of aromatic nitrogens is 1. The average molecular weight is 274 g/mol. The Balaban J connectivity index is 1.92. The Morgan fingerprint density at radius 1 is 1.42 bits per heavy atom. The fraction of sp³-hybridized carbons (Fsp3) is 0.400. The molecule has 19 heavy (non-hydrogen) atoms. The predicted octanol–water partition coefficient (Wildman–Crippen LogP) is 2.90. The molecule has 0 bridgehead atoms. The summed E-state index contributed by atoms with van der Waals surface area (Å²) in [5.74, 6) is 0.888. The summed E-state index contributed by atoms with van der Waals surface area (Å²) in [4.78, 5) is 6.23. The zero-order valence-electron chi connectivity index (χ0n) is 11.3. The van der Waals surface area contributed by atoms with Crippen molar-refractivity contribution in [2.75, 3.05) is 14.2 Å². The van der Waals surface area contributed by atoms with Gasteiger partial charge in [-0.1, -0.05) is 12.1 Å². The van der Waals surface area contributed by atoms with E-state index in [1.807, 2.05) is 30.5 Å². The second-order valence-electron chi connectivity index (χ2n) is 4.85. The number of ether oxygens (including phenoxy) is 1. The van der Waals surface area contributed by atoms with Crippen molar-refractivity contribution in [3.63, 3.8) is 0 Å². The van der Waals surface area contributed by atoms with Crippen LogP contribution in [-0.4, -0.2) is 25.2 Å². The van der Waals surface area contributed by atoms with Crippen LogP contribution in [-0.2, 0) is 12.8 Å². The number of aryl methyl sites for hydroxylation is 1. The van der Waals surface area contributed by atoms with Gasteiger partial charge in [0.15, 0.2) is 0 Å². The van der Waals surface area contributed by atoms with E-state index in [0.717, 1.165) is 29.2 Å². The summed E-state index contributed by atoms with van der Waals surface area (Å²) in [5.41, 5.74) is 2.44. The molecule has 1 unspecified atom stereocenters. The van der Waals surface area contributed by atoms with Crippen molar-refractivity contribution in [1.29, 1.82) is 0 Å². The molecule has 0 spiro atoms. The van der Waals surface area contributed by atoms with Gasteiger partial charge in [0.2, 0.25) is 0 Å². The second kappa shape index (κ2) is 5.31. The molecule has 2 aromatic rings. The molecule has 3 nitrogen and oxygen atoms in total. The third-order valence-electron chi connectivity index (χ3n) is 3.66. The summed E-state index contributed by atoms with van der Waals surface area (Å²) in [7, 11) is 3.74. The monoisotopic (exact) mass is 274 g/mol. The minimum Gasteiger partial charge on any atom is -0.497 e. The van der Waals surface area contributed by atoms with E-state index in [1.54, 1.807) is 7.11 Å². The molecule has 4 heteroatoms. The van der Waals surface area contributed by atoms with Crippen LogP contribution in [0.5, 0.6) is 5.75 Å². The normalized spacial score (nSPS) is 18.1. The van der Waals surface area contributed by atoms with Crippen LogP contribution in [0.4, 0.5) is 0 Å². The summed E-state index contributed by atoms with van der Waals surface area (Å²) < 4.78 is 5.28. The summed E-state index contributed by atoms with van der Waals surface area (Å²) in [6.07, 6.45) is 3.37. The predicted molar refractivity (Wildman–Crippen MR) is 79.0 cm³/mol. The van der Waals surface area contributed by atoms with Gasteiger partial charge in [0.25, 0.3) is 0 Å². The maximum atomic E-state index is 5.28. The zero-order valence-corrected chi connectivity index (χ0v) is 12.1. The second-order valence-corrected chi connectivity index (χ2v) is 5.93. The van der Waals surface area contributed by atoms with Crippen LogP contribution in [0.2, 0.25) is 0 Å². The van der Waals surface area contributed by atoms with E-state index < -0.39 is 0 Å². The number of benzene rings is 1. The van der Waals surface area contributed by atoms with Gasteiger partial charge >= 0.3 is 0 Å². The fourth-order valence-electron chi connectivity index (χ4n) is 2.50. The van der Waals surface area contributed by atoms with Crippen LogP contribution < -0.4 is 10.1 Å². The van der Waals surface area contributed by atoms with Crippen LogP contribution in [0, 0.1) is 0 Å². The van der Waals surface area contributed by atoms with Crippen LogP contribution in [0.1, 0.15) is 17.0 Å². The number of hydrogen-bond donors (Lipinski definition) is 1. The number of likely N-dealkylation sites (N-methyl/N-ethyl adjacent to an activating group) is 1. The number of fused-ring (bicyclic) bond motifs is 1. The summed E-state index contributed by atoms with van der Waals surface area (Å²) in [5, 5.41) is 4.48. The van der Waals surface area contributed by atoms with Gasteiger partial charge in [0, 0.05) is 16.5 Å². The van der Waals surface area contributed by atoms with Crippen molar-refractivity contribution in [3.05, 3.63) is 34.8 Å². The highest BCUT2D eigenvalue weighted by Gasteiger charge is 2.21. The van der Waals surface area contributed by atoms with Crippen molar-refractivity contribution in [3.8, 4) is 16.3 Å². The number of rotatable bonds is 3. The molecule has 1 atom stereocenters. The third kappa shape index (κ3) is 2.51. The number of methoxy groups -OCH3 is 1. The number of nitrogens with one attached hydrogen (secondary N) is 1. The van der Waals surface area contributed by atoms with E-state index in [4.69, 9.17) is 9.72 Å². The molecule has 0 saturated heterocycles. The Morgan fingerprint density at radius 3 is 3.11 bits per heavy atom. The zero-order chi connectivity index (χ0) is 13.2. The van der Waals surface area contributed by atoms with Crippen molar-refractivity contribution in [2.24, 2.45) is 0 Å². The number of hydrogen-bond acceptors (Lipinski definition) is 4. The molecule has 1 aliphatic rings. The van der Waals surface area contributed by atoms with E-state index in [0.29, 0.717) is 6.04 Å². The lowest BCUT2D eigenvalue weighted by atomic mass is 9.98. The molecule has 0 fully saturated rings. The van der Waals surface area contributed by atoms with Crippen LogP contribution in [0.3, 0.4) is 0 Å². The molecular weight excluding hydrogens is 256 g/mol. The molecule has 1 aromatic carbocycles. The SMILES string of the molecule is CNC1CCc2nc(-c3cccc(OC)c3)sc2C1. The van der Waals surface area contributed by atoms with Crippen LogP contribution in [0.15, 0.2) is 24.3 Å². The average Bonchev–Trinajstić information content (AvgIpc) is 2.90. The molecule has 3 rings (SSSR count). The first-order valence-corrected chi connectivity index (χ1v) is 7.42. The minimum atomic E-state index is 0.603. The van der Waals surface area contributed by atoms with Gasteiger partial charge < -0.3 is 10.1 Å². The molecule has 1 aromatic heterocycles. The molecule has 0 saturated carbocycles. The Labute approximate surface area is 117 Å². The third-order valence-corrected chi connectivity index (χ3v) is 4.83. The molecule has 100 valence electrons. The molecule has 0 radical (unpaired) electrons. The Bertz CT molecular complexity index is 579. The summed E-state index contributed by atoms with van der Waals surface area (Å²) in [6, 6.07) is 8.74. The highest BCUT2D eigenvalue weighted by molar-refractivity contribution is 7.15. The van der Waals surface area contributed by atoms with Gasteiger partial charge in [-0.3, -0.25) is 0 Å². The quantitative estimate of drug-likeness (QED) is 0.934. The van der Waals surface area contributed by atoms with Gasteiger partial charge in [-0.15, -0.1) is 11.3 Å². The van der Waals surface area contributed by atoms with E-state index in [1.165, 1.54) is 17.0 Å². The Kier molecular flexibility index (Phi) is 3.53. The maximum absolute atomic E-state index is 5.28. The lowest BCUT2D eigenvalue weighted by Crippen LogP contribution is -2.30. The molecule has 0 aliphatic heterocycles. The largest absolute Gasteiger partial charge is 0.497 e. The van der Waals surface area contributed by atoms with Crippen molar-refractivity contribution in [1.82, 2.24) is 10.3 Å². The first kappa shape index (κ1) is 12.6.